The zero-order chi connectivity index (χ0) is 18.6. The number of rotatable bonds is 6. The van der Waals surface area contributed by atoms with Crippen LogP contribution >= 0.6 is 0 Å². The van der Waals surface area contributed by atoms with Gasteiger partial charge in [0, 0.05) is 14.1 Å². The number of esters is 1. The molecule has 0 radical (unpaired) electrons. The molecule has 0 spiro atoms. The second-order valence-corrected chi connectivity index (χ2v) is 5.90. The highest BCUT2D eigenvalue weighted by molar-refractivity contribution is 5.92. The summed E-state index contributed by atoms with van der Waals surface area (Å²) < 4.78 is 16.0. The third-order valence-electron chi connectivity index (χ3n) is 3.71. The lowest BCUT2D eigenvalue weighted by molar-refractivity contribution is -0.137. The number of aryl methyl sites for hydroxylation is 2. The molecule has 1 aromatic carbocycles. The molecule has 1 aromatic heterocycles. The molecule has 0 unspecified atom stereocenters. The van der Waals surface area contributed by atoms with Gasteiger partial charge < -0.3 is 18.9 Å². The summed E-state index contributed by atoms with van der Waals surface area (Å²) in [5.41, 5.74) is 1.96. The van der Waals surface area contributed by atoms with E-state index in [4.69, 9.17) is 14.0 Å². The van der Waals surface area contributed by atoms with Gasteiger partial charge in [0.1, 0.15) is 18.1 Å². The van der Waals surface area contributed by atoms with Crippen LogP contribution in [0.5, 0.6) is 5.75 Å². The lowest BCUT2D eigenvalue weighted by atomic mass is 10.2. The van der Waals surface area contributed by atoms with Crippen molar-refractivity contribution in [3.8, 4) is 5.75 Å². The summed E-state index contributed by atoms with van der Waals surface area (Å²) in [6.07, 6.45) is -0.852. The maximum atomic E-state index is 12.2. The third-order valence-corrected chi connectivity index (χ3v) is 3.71. The number of carbonyl (C=O) groups is 2. The Labute approximate surface area is 146 Å². The zero-order valence-corrected chi connectivity index (χ0v) is 15.0. The van der Waals surface area contributed by atoms with Gasteiger partial charge in [-0.15, -0.1) is 0 Å². The van der Waals surface area contributed by atoms with Crippen molar-refractivity contribution >= 4 is 11.9 Å². The van der Waals surface area contributed by atoms with Crippen LogP contribution in [0.4, 0.5) is 0 Å². The van der Waals surface area contributed by atoms with Crippen LogP contribution in [0.15, 0.2) is 28.8 Å². The topological polar surface area (TPSA) is 81.9 Å². The van der Waals surface area contributed by atoms with Crippen LogP contribution in [0.25, 0.3) is 0 Å². The highest BCUT2D eigenvalue weighted by atomic mass is 16.5. The summed E-state index contributed by atoms with van der Waals surface area (Å²) in [6.45, 7) is 5.48. The lowest BCUT2D eigenvalue weighted by Gasteiger charge is -2.17. The van der Waals surface area contributed by atoms with Crippen LogP contribution in [0.3, 0.4) is 0 Å². The average molecular weight is 346 g/mol. The molecule has 2 aromatic rings. The predicted octanol–water partition coefficient (Wildman–Crippen LogP) is 2.50. The van der Waals surface area contributed by atoms with Gasteiger partial charge in [-0.3, -0.25) is 4.79 Å². The first kappa shape index (κ1) is 18.5. The van der Waals surface area contributed by atoms with Crippen LogP contribution in [0.1, 0.15) is 34.3 Å². The van der Waals surface area contributed by atoms with Crippen molar-refractivity contribution in [2.45, 2.75) is 33.5 Å². The molecule has 0 fully saturated rings. The normalized spacial score (nSPS) is 11.7. The summed E-state index contributed by atoms with van der Waals surface area (Å²) in [5, 5.41) is 3.87. The van der Waals surface area contributed by atoms with Crippen molar-refractivity contribution in [3.63, 3.8) is 0 Å². The van der Waals surface area contributed by atoms with Crippen molar-refractivity contribution < 1.29 is 23.6 Å². The maximum absolute atomic E-state index is 12.2. The van der Waals surface area contributed by atoms with E-state index in [1.807, 2.05) is 13.8 Å². The molecule has 1 heterocycles. The number of nitrogens with zero attached hydrogens (tertiary/aromatic N) is 2. The van der Waals surface area contributed by atoms with Crippen LogP contribution in [-0.4, -0.2) is 42.1 Å². The van der Waals surface area contributed by atoms with E-state index >= 15 is 0 Å². The highest BCUT2D eigenvalue weighted by Gasteiger charge is 2.20. The number of ether oxygens (including phenoxy) is 2. The van der Waals surface area contributed by atoms with Gasteiger partial charge in [0.15, 0.2) is 6.10 Å². The van der Waals surface area contributed by atoms with Gasteiger partial charge in [-0.1, -0.05) is 11.2 Å². The fourth-order valence-corrected chi connectivity index (χ4v) is 2.22. The summed E-state index contributed by atoms with van der Waals surface area (Å²) >= 11 is 0. The number of hydrogen-bond acceptors (Lipinski definition) is 6. The van der Waals surface area contributed by atoms with Gasteiger partial charge in [0.05, 0.1) is 16.8 Å². The summed E-state index contributed by atoms with van der Waals surface area (Å²) in [4.78, 5) is 25.4. The van der Waals surface area contributed by atoms with E-state index in [0.29, 0.717) is 17.1 Å². The molecule has 0 bridgehead atoms. The lowest BCUT2D eigenvalue weighted by Crippen LogP contribution is -2.34. The Kier molecular flexibility index (Phi) is 5.80. The Morgan fingerprint density at radius 2 is 2.00 bits per heavy atom. The van der Waals surface area contributed by atoms with Gasteiger partial charge in [-0.05, 0) is 39.0 Å². The average Bonchev–Trinajstić information content (AvgIpc) is 2.90. The number of aromatic nitrogens is 1. The SMILES string of the molecule is Cc1noc(C)c1COc1cccc(C(=O)O[C@@H](C)C(=O)N(C)C)c1. The van der Waals surface area contributed by atoms with Gasteiger partial charge in [-0.25, -0.2) is 4.79 Å². The molecule has 0 N–H and O–H groups in total. The molecule has 1 atom stereocenters. The van der Waals surface area contributed by atoms with Crippen LogP contribution in [0, 0.1) is 13.8 Å². The van der Waals surface area contributed by atoms with Gasteiger partial charge >= 0.3 is 5.97 Å². The Morgan fingerprint density at radius 1 is 1.28 bits per heavy atom. The molecule has 1 amide bonds. The number of hydrogen-bond donors (Lipinski definition) is 0. The van der Waals surface area contributed by atoms with Crippen molar-refractivity contribution in [1.82, 2.24) is 10.1 Å². The van der Waals surface area contributed by atoms with E-state index in [1.54, 1.807) is 38.4 Å². The minimum Gasteiger partial charge on any atom is -0.489 e. The first-order valence-electron chi connectivity index (χ1n) is 7.86. The third kappa shape index (κ3) is 4.59. The summed E-state index contributed by atoms with van der Waals surface area (Å²) in [6, 6.07) is 6.62. The maximum Gasteiger partial charge on any atom is 0.339 e. The van der Waals surface area contributed by atoms with Crippen molar-refractivity contribution in [3.05, 3.63) is 46.8 Å². The molecule has 134 valence electrons. The molecule has 0 aliphatic carbocycles. The molecular formula is C18H22N2O5. The summed E-state index contributed by atoms with van der Waals surface area (Å²) in [7, 11) is 3.21. The van der Waals surface area contributed by atoms with E-state index in [2.05, 4.69) is 5.16 Å². The van der Waals surface area contributed by atoms with Crippen LogP contribution in [0.2, 0.25) is 0 Å². The Morgan fingerprint density at radius 3 is 2.60 bits per heavy atom. The minimum atomic E-state index is -0.852. The fraction of sp³-hybridized carbons (Fsp3) is 0.389. The van der Waals surface area contributed by atoms with Crippen molar-refractivity contribution in [1.29, 1.82) is 0 Å². The second kappa shape index (κ2) is 7.83. The van der Waals surface area contributed by atoms with Gasteiger partial charge in [0.25, 0.3) is 5.91 Å². The molecule has 0 saturated carbocycles. The molecule has 0 saturated heterocycles. The summed E-state index contributed by atoms with van der Waals surface area (Å²) in [5.74, 6) is 0.356. The Balaban J connectivity index is 2.03. The standard InChI is InChI=1S/C18H22N2O5/c1-11-16(12(2)25-19-11)10-23-15-8-6-7-14(9-15)18(22)24-13(3)17(21)20(4)5/h6-9,13H,10H2,1-5H3/t13-/m0/s1. The molecule has 2 rings (SSSR count). The van der Waals surface area contributed by atoms with E-state index in [0.717, 1.165) is 11.3 Å². The van der Waals surface area contributed by atoms with E-state index in [1.165, 1.54) is 11.8 Å². The molecule has 0 aliphatic heterocycles. The highest BCUT2D eigenvalue weighted by Crippen LogP contribution is 2.19. The van der Waals surface area contributed by atoms with Crippen molar-refractivity contribution in [2.75, 3.05) is 14.1 Å². The molecular weight excluding hydrogens is 324 g/mol. The van der Waals surface area contributed by atoms with Gasteiger partial charge in [0.2, 0.25) is 0 Å². The van der Waals surface area contributed by atoms with Crippen LogP contribution < -0.4 is 4.74 Å². The number of benzene rings is 1. The van der Waals surface area contributed by atoms with E-state index in [-0.39, 0.29) is 12.5 Å². The molecule has 25 heavy (non-hydrogen) atoms. The van der Waals surface area contributed by atoms with Crippen LogP contribution in [-0.2, 0) is 16.1 Å². The Hall–Kier alpha value is -2.83. The van der Waals surface area contributed by atoms with Crippen molar-refractivity contribution in [2.24, 2.45) is 0 Å². The molecule has 0 aliphatic rings. The molecule has 7 nitrogen and oxygen atoms in total. The Bertz CT molecular complexity index is 747. The van der Waals surface area contributed by atoms with E-state index in [9.17, 15) is 9.59 Å². The first-order chi connectivity index (χ1) is 11.8. The smallest absolute Gasteiger partial charge is 0.339 e. The largest absolute Gasteiger partial charge is 0.489 e. The zero-order valence-electron chi connectivity index (χ0n) is 15.0. The fourth-order valence-electron chi connectivity index (χ4n) is 2.22. The second-order valence-electron chi connectivity index (χ2n) is 5.90. The number of amides is 1. The number of likely N-dealkylation sites (N-methyl/N-ethyl adjacent to an activating group) is 1. The minimum absolute atomic E-state index is 0.279. The quantitative estimate of drug-likeness (QED) is 0.748. The molecule has 7 heteroatoms. The number of carbonyl (C=O) groups excluding carboxylic acids is 2. The van der Waals surface area contributed by atoms with Gasteiger partial charge in [-0.2, -0.15) is 0 Å². The first-order valence-corrected chi connectivity index (χ1v) is 7.86. The monoisotopic (exact) mass is 346 g/mol. The predicted molar refractivity (Wildman–Crippen MR) is 90.3 cm³/mol. The van der Waals surface area contributed by atoms with E-state index < -0.39 is 12.1 Å².